The second-order valence-electron chi connectivity index (χ2n) is 4.51. The summed E-state index contributed by atoms with van der Waals surface area (Å²) in [6.07, 6.45) is 1.82. The minimum atomic E-state index is 0.873. The number of nitrogens with one attached hydrogen (secondary N) is 2. The molecule has 0 radical (unpaired) electrons. The van der Waals surface area contributed by atoms with Crippen molar-refractivity contribution in [3.05, 3.63) is 47.9 Å². The van der Waals surface area contributed by atoms with Gasteiger partial charge >= 0.3 is 0 Å². The summed E-state index contributed by atoms with van der Waals surface area (Å²) in [7, 11) is 1.96. The average Bonchev–Trinajstić information content (AvgIpc) is 2.94. The summed E-state index contributed by atoms with van der Waals surface area (Å²) in [6, 6.07) is 10.3. The van der Waals surface area contributed by atoms with E-state index in [1.165, 1.54) is 11.3 Å². The van der Waals surface area contributed by atoms with E-state index < -0.39 is 0 Å². The molecule has 0 atom stereocenters. The van der Waals surface area contributed by atoms with Crippen molar-refractivity contribution >= 4 is 11.0 Å². The van der Waals surface area contributed by atoms with Crippen molar-refractivity contribution in [3.63, 3.8) is 0 Å². The summed E-state index contributed by atoms with van der Waals surface area (Å²) in [5.41, 5.74) is 5.65. The van der Waals surface area contributed by atoms with Crippen LogP contribution in [-0.4, -0.2) is 12.0 Å². The number of aryl methyl sites for hydroxylation is 1. The highest BCUT2D eigenvalue weighted by Gasteiger charge is 2.11. The van der Waals surface area contributed by atoms with Gasteiger partial charge in [0.2, 0.25) is 0 Å². The predicted octanol–water partition coefficient (Wildman–Crippen LogP) is 3.46. The van der Waals surface area contributed by atoms with Crippen molar-refractivity contribution in [3.8, 4) is 11.3 Å². The van der Waals surface area contributed by atoms with Crippen molar-refractivity contribution < 1.29 is 4.42 Å². The lowest BCUT2D eigenvalue weighted by Crippen LogP contribution is -2.04. The van der Waals surface area contributed by atoms with Gasteiger partial charge in [-0.25, -0.2) is 0 Å². The molecule has 3 heteroatoms. The van der Waals surface area contributed by atoms with Crippen molar-refractivity contribution in [2.75, 3.05) is 7.05 Å². The Morgan fingerprint density at radius 1 is 1.28 bits per heavy atom. The molecule has 0 aliphatic rings. The lowest BCUT2D eigenvalue weighted by atomic mass is 10.1. The molecule has 2 aromatic heterocycles. The van der Waals surface area contributed by atoms with Crippen LogP contribution in [0.4, 0.5) is 0 Å². The Morgan fingerprint density at radius 3 is 2.94 bits per heavy atom. The number of aromatic amines is 1. The van der Waals surface area contributed by atoms with Crippen LogP contribution in [-0.2, 0) is 6.54 Å². The molecule has 3 rings (SSSR count). The first-order chi connectivity index (χ1) is 8.79. The van der Waals surface area contributed by atoms with Gasteiger partial charge in [0.1, 0.15) is 11.8 Å². The van der Waals surface area contributed by atoms with Crippen LogP contribution in [0.5, 0.6) is 0 Å². The van der Waals surface area contributed by atoms with E-state index in [4.69, 9.17) is 4.42 Å². The van der Waals surface area contributed by atoms with Gasteiger partial charge in [0.15, 0.2) is 0 Å². The topological polar surface area (TPSA) is 41.0 Å². The molecule has 0 amide bonds. The van der Waals surface area contributed by atoms with Gasteiger partial charge in [0.05, 0.1) is 0 Å². The third-order valence-corrected chi connectivity index (χ3v) is 3.26. The maximum Gasteiger partial charge on any atom is 0.134 e. The average molecular weight is 240 g/mol. The molecule has 0 bridgehead atoms. The fourth-order valence-electron chi connectivity index (χ4n) is 2.31. The van der Waals surface area contributed by atoms with E-state index in [9.17, 15) is 0 Å². The van der Waals surface area contributed by atoms with Gasteiger partial charge in [-0.05, 0) is 31.7 Å². The SMILES string of the molecule is CNCc1cc(-c2coc3ccccc23)[nH]c1C. The molecule has 92 valence electrons. The smallest absolute Gasteiger partial charge is 0.134 e. The zero-order valence-corrected chi connectivity index (χ0v) is 10.6. The van der Waals surface area contributed by atoms with E-state index in [0.717, 1.165) is 28.8 Å². The van der Waals surface area contributed by atoms with E-state index in [0.29, 0.717) is 0 Å². The molecule has 2 N–H and O–H groups in total. The molecule has 0 aliphatic heterocycles. The molecule has 0 saturated carbocycles. The predicted molar refractivity (Wildman–Crippen MR) is 73.5 cm³/mol. The highest BCUT2D eigenvalue weighted by atomic mass is 16.3. The van der Waals surface area contributed by atoms with E-state index >= 15 is 0 Å². The molecular weight excluding hydrogens is 224 g/mol. The second-order valence-corrected chi connectivity index (χ2v) is 4.51. The number of H-pyrrole nitrogens is 1. The molecule has 0 spiro atoms. The standard InChI is InChI=1S/C15H16N2O/c1-10-11(8-16-2)7-14(17-10)13-9-18-15-6-4-3-5-12(13)15/h3-7,9,16-17H,8H2,1-2H3. The van der Waals surface area contributed by atoms with Crippen LogP contribution in [0.25, 0.3) is 22.2 Å². The Labute approximate surface area is 106 Å². The molecule has 0 unspecified atom stereocenters. The van der Waals surface area contributed by atoms with Gasteiger partial charge in [-0.2, -0.15) is 0 Å². The van der Waals surface area contributed by atoms with Crippen molar-refractivity contribution in [2.45, 2.75) is 13.5 Å². The van der Waals surface area contributed by atoms with Gasteiger partial charge in [-0.3, -0.25) is 0 Å². The normalized spacial score (nSPS) is 11.2. The molecule has 18 heavy (non-hydrogen) atoms. The van der Waals surface area contributed by atoms with Gasteiger partial charge < -0.3 is 14.7 Å². The Hall–Kier alpha value is -2.00. The van der Waals surface area contributed by atoms with Crippen LogP contribution >= 0.6 is 0 Å². The number of fused-ring (bicyclic) bond motifs is 1. The summed E-state index contributed by atoms with van der Waals surface area (Å²) >= 11 is 0. The molecule has 0 saturated heterocycles. The summed E-state index contributed by atoms with van der Waals surface area (Å²) in [5, 5.41) is 4.33. The molecule has 3 aromatic rings. The summed E-state index contributed by atoms with van der Waals surface area (Å²) in [4.78, 5) is 3.42. The Balaban J connectivity index is 2.11. The van der Waals surface area contributed by atoms with Crippen LogP contribution in [0, 0.1) is 6.92 Å². The molecule has 2 heterocycles. The number of benzene rings is 1. The number of rotatable bonds is 3. The first-order valence-corrected chi connectivity index (χ1v) is 6.09. The zero-order valence-electron chi connectivity index (χ0n) is 10.6. The number of hydrogen-bond acceptors (Lipinski definition) is 2. The number of para-hydroxylation sites is 1. The van der Waals surface area contributed by atoms with Crippen LogP contribution in [0.15, 0.2) is 41.0 Å². The van der Waals surface area contributed by atoms with Gasteiger partial charge in [-0.15, -0.1) is 0 Å². The molecule has 0 aliphatic carbocycles. The van der Waals surface area contributed by atoms with Crippen molar-refractivity contribution in [1.82, 2.24) is 10.3 Å². The second kappa shape index (κ2) is 4.35. The molecular formula is C15H16N2O. The highest BCUT2D eigenvalue weighted by Crippen LogP contribution is 2.30. The van der Waals surface area contributed by atoms with Gasteiger partial charge in [-0.1, -0.05) is 18.2 Å². The van der Waals surface area contributed by atoms with E-state index in [1.807, 2.05) is 31.5 Å². The van der Waals surface area contributed by atoms with E-state index in [-0.39, 0.29) is 0 Å². The fraction of sp³-hybridized carbons (Fsp3) is 0.200. The number of aromatic nitrogens is 1. The summed E-state index contributed by atoms with van der Waals surface area (Å²) in [6.45, 7) is 2.97. The van der Waals surface area contributed by atoms with Gasteiger partial charge in [0.25, 0.3) is 0 Å². The van der Waals surface area contributed by atoms with Crippen LogP contribution in [0.1, 0.15) is 11.3 Å². The largest absolute Gasteiger partial charge is 0.464 e. The summed E-state index contributed by atoms with van der Waals surface area (Å²) in [5.74, 6) is 0. The van der Waals surface area contributed by atoms with Crippen molar-refractivity contribution in [2.24, 2.45) is 0 Å². The maximum absolute atomic E-state index is 5.58. The number of furan rings is 1. The van der Waals surface area contributed by atoms with Crippen LogP contribution in [0.2, 0.25) is 0 Å². The minimum Gasteiger partial charge on any atom is -0.464 e. The number of hydrogen-bond donors (Lipinski definition) is 2. The molecule has 0 fully saturated rings. The Bertz CT molecular complexity index is 679. The van der Waals surface area contributed by atoms with E-state index in [2.05, 4.69) is 29.4 Å². The lowest BCUT2D eigenvalue weighted by molar-refractivity contribution is 0.617. The molecule has 1 aromatic carbocycles. The highest BCUT2D eigenvalue weighted by molar-refractivity contribution is 5.93. The zero-order chi connectivity index (χ0) is 12.5. The monoisotopic (exact) mass is 240 g/mol. The third kappa shape index (κ3) is 1.73. The fourth-order valence-corrected chi connectivity index (χ4v) is 2.31. The first kappa shape index (κ1) is 11.1. The maximum atomic E-state index is 5.58. The minimum absolute atomic E-state index is 0.873. The lowest BCUT2D eigenvalue weighted by Gasteiger charge is -1.95. The quantitative estimate of drug-likeness (QED) is 0.736. The van der Waals surface area contributed by atoms with Gasteiger partial charge in [0, 0.05) is 28.9 Å². The van der Waals surface area contributed by atoms with Crippen LogP contribution in [0.3, 0.4) is 0 Å². The summed E-state index contributed by atoms with van der Waals surface area (Å²) < 4.78 is 5.58. The Kier molecular flexibility index (Phi) is 2.68. The Morgan fingerprint density at radius 2 is 2.11 bits per heavy atom. The van der Waals surface area contributed by atoms with Crippen LogP contribution < -0.4 is 5.32 Å². The third-order valence-electron chi connectivity index (χ3n) is 3.26. The molecule has 3 nitrogen and oxygen atoms in total. The van der Waals surface area contributed by atoms with E-state index in [1.54, 1.807) is 0 Å². The first-order valence-electron chi connectivity index (χ1n) is 6.09. The van der Waals surface area contributed by atoms with Crippen molar-refractivity contribution in [1.29, 1.82) is 0 Å².